The largest absolute Gasteiger partial charge is 0.316 e. The van der Waals surface area contributed by atoms with Crippen molar-refractivity contribution in [3.05, 3.63) is 34.9 Å². The predicted molar refractivity (Wildman–Crippen MR) is 100 cm³/mol. The van der Waals surface area contributed by atoms with Gasteiger partial charge in [-0.15, -0.1) is 0 Å². The van der Waals surface area contributed by atoms with Crippen molar-refractivity contribution in [1.82, 2.24) is 5.32 Å². The van der Waals surface area contributed by atoms with Crippen LogP contribution in [0.25, 0.3) is 0 Å². The molecule has 130 valence electrons. The highest BCUT2D eigenvalue weighted by Gasteiger charge is 2.06. The highest BCUT2D eigenvalue weighted by atomic mass is 16.1. The van der Waals surface area contributed by atoms with Gasteiger partial charge in [0.2, 0.25) is 0 Å². The lowest BCUT2D eigenvalue weighted by Crippen LogP contribution is -2.20. The number of rotatable bonds is 12. The van der Waals surface area contributed by atoms with Gasteiger partial charge < -0.3 is 5.32 Å². The average molecular weight is 318 g/mol. The molecule has 1 aromatic rings. The Morgan fingerprint density at radius 2 is 1.78 bits per heavy atom. The smallest absolute Gasteiger partial charge is 0.160 e. The van der Waals surface area contributed by atoms with Crippen LogP contribution in [0.4, 0.5) is 0 Å². The van der Waals surface area contributed by atoms with Gasteiger partial charge in [0.1, 0.15) is 0 Å². The molecule has 0 fully saturated rings. The molecule has 0 spiro atoms. The second-order valence-electron chi connectivity index (χ2n) is 7.02. The third kappa shape index (κ3) is 8.31. The standard InChI is InChI=1S/C21H35NO/c1-5-20-15-19(12-13-21(20)18(4)23)11-9-7-6-8-10-14-22-16-17(2)3/h12-13,15,17,22H,5-11,14,16H2,1-4H3. The molecule has 1 aromatic carbocycles. The van der Waals surface area contributed by atoms with Crippen molar-refractivity contribution in [3.63, 3.8) is 0 Å². The first-order chi connectivity index (χ1) is 11.0. The fourth-order valence-corrected chi connectivity index (χ4v) is 2.94. The summed E-state index contributed by atoms with van der Waals surface area (Å²) in [6.07, 6.45) is 8.58. The SMILES string of the molecule is CCc1cc(CCCCCCCNCC(C)C)ccc1C(C)=O. The lowest BCUT2D eigenvalue weighted by atomic mass is 9.97. The molecule has 2 heteroatoms. The van der Waals surface area contributed by atoms with Crippen molar-refractivity contribution < 1.29 is 4.79 Å². The minimum Gasteiger partial charge on any atom is -0.316 e. The van der Waals surface area contributed by atoms with Gasteiger partial charge in [-0.3, -0.25) is 4.79 Å². The normalized spacial score (nSPS) is 11.2. The van der Waals surface area contributed by atoms with E-state index in [-0.39, 0.29) is 5.78 Å². The minimum absolute atomic E-state index is 0.180. The molecule has 0 saturated heterocycles. The summed E-state index contributed by atoms with van der Waals surface area (Å²) in [4.78, 5) is 11.6. The highest BCUT2D eigenvalue weighted by molar-refractivity contribution is 5.95. The number of benzene rings is 1. The number of aryl methyl sites for hydroxylation is 2. The highest BCUT2D eigenvalue weighted by Crippen LogP contribution is 2.16. The van der Waals surface area contributed by atoms with Crippen LogP contribution in [0.2, 0.25) is 0 Å². The van der Waals surface area contributed by atoms with E-state index in [2.05, 4.69) is 38.2 Å². The Hall–Kier alpha value is -1.15. The molecule has 0 amide bonds. The van der Waals surface area contributed by atoms with Crippen LogP contribution in [-0.2, 0) is 12.8 Å². The van der Waals surface area contributed by atoms with Crippen molar-refractivity contribution in [2.24, 2.45) is 5.92 Å². The van der Waals surface area contributed by atoms with E-state index in [0.29, 0.717) is 0 Å². The molecule has 1 N–H and O–H groups in total. The lowest BCUT2D eigenvalue weighted by molar-refractivity contribution is 0.101. The van der Waals surface area contributed by atoms with Gasteiger partial charge in [-0.1, -0.05) is 58.2 Å². The fourth-order valence-electron chi connectivity index (χ4n) is 2.94. The summed E-state index contributed by atoms with van der Waals surface area (Å²) in [6, 6.07) is 6.37. The number of Topliss-reactive ketones (excluding diaryl/α,β-unsaturated/α-hetero) is 1. The van der Waals surface area contributed by atoms with Crippen molar-refractivity contribution in [1.29, 1.82) is 0 Å². The van der Waals surface area contributed by atoms with Crippen LogP contribution in [0, 0.1) is 5.92 Å². The summed E-state index contributed by atoms with van der Waals surface area (Å²) in [6.45, 7) is 10.6. The zero-order chi connectivity index (χ0) is 17.1. The molecule has 0 radical (unpaired) electrons. The maximum absolute atomic E-state index is 11.6. The Kier molecular flexibility index (Phi) is 9.86. The third-order valence-electron chi connectivity index (χ3n) is 4.30. The number of ketones is 1. The number of unbranched alkanes of at least 4 members (excludes halogenated alkanes) is 4. The molecule has 0 bridgehead atoms. The van der Waals surface area contributed by atoms with Gasteiger partial charge in [0.15, 0.2) is 5.78 Å². The van der Waals surface area contributed by atoms with E-state index in [4.69, 9.17) is 0 Å². The van der Waals surface area contributed by atoms with Crippen LogP contribution < -0.4 is 5.32 Å². The van der Waals surface area contributed by atoms with E-state index in [9.17, 15) is 4.79 Å². The van der Waals surface area contributed by atoms with E-state index in [1.54, 1.807) is 6.92 Å². The number of nitrogens with one attached hydrogen (secondary N) is 1. The zero-order valence-electron chi connectivity index (χ0n) is 15.6. The van der Waals surface area contributed by atoms with E-state index in [1.807, 2.05) is 6.07 Å². The zero-order valence-corrected chi connectivity index (χ0v) is 15.6. The number of hydrogen-bond acceptors (Lipinski definition) is 2. The van der Waals surface area contributed by atoms with E-state index in [1.165, 1.54) is 43.2 Å². The first-order valence-electron chi connectivity index (χ1n) is 9.38. The number of hydrogen-bond donors (Lipinski definition) is 1. The third-order valence-corrected chi connectivity index (χ3v) is 4.30. The maximum Gasteiger partial charge on any atom is 0.160 e. The summed E-state index contributed by atoms with van der Waals surface area (Å²) < 4.78 is 0. The predicted octanol–water partition coefficient (Wildman–Crippen LogP) is 5.19. The van der Waals surface area contributed by atoms with Gasteiger partial charge in [-0.2, -0.15) is 0 Å². The van der Waals surface area contributed by atoms with Crippen LogP contribution in [0.15, 0.2) is 18.2 Å². The van der Waals surface area contributed by atoms with Crippen molar-refractivity contribution in [2.75, 3.05) is 13.1 Å². The lowest BCUT2D eigenvalue weighted by Gasteiger charge is -2.09. The van der Waals surface area contributed by atoms with Crippen LogP contribution in [0.3, 0.4) is 0 Å². The van der Waals surface area contributed by atoms with Gasteiger partial charge >= 0.3 is 0 Å². The van der Waals surface area contributed by atoms with Gasteiger partial charge in [0, 0.05) is 5.56 Å². The topological polar surface area (TPSA) is 29.1 Å². The van der Waals surface area contributed by atoms with E-state index < -0.39 is 0 Å². The van der Waals surface area contributed by atoms with Crippen LogP contribution in [0.5, 0.6) is 0 Å². The summed E-state index contributed by atoms with van der Waals surface area (Å²) in [5.74, 6) is 0.928. The maximum atomic E-state index is 11.6. The van der Waals surface area contributed by atoms with Crippen molar-refractivity contribution in [3.8, 4) is 0 Å². The molecule has 23 heavy (non-hydrogen) atoms. The van der Waals surface area contributed by atoms with Gasteiger partial charge in [0.25, 0.3) is 0 Å². The Labute approximate surface area is 143 Å². The van der Waals surface area contributed by atoms with E-state index >= 15 is 0 Å². The molecular formula is C21H35NO. The van der Waals surface area contributed by atoms with Gasteiger partial charge in [0.05, 0.1) is 0 Å². The molecule has 0 heterocycles. The Bertz CT molecular complexity index is 465. The van der Waals surface area contributed by atoms with Crippen molar-refractivity contribution >= 4 is 5.78 Å². The average Bonchev–Trinajstić information content (AvgIpc) is 2.52. The second kappa shape index (κ2) is 11.4. The summed E-state index contributed by atoms with van der Waals surface area (Å²) >= 11 is 0. The number of carbonyl (C=O) groups is 1. The van der Waals surface area contributed by atoms with Crippen LogP contribution >= 0.6 is 0 Å². The number of carbonyl (C=O) groups excluding carboxylic acids is 1. The Morgan fingerprint density at radius 1 is 1.09 bits per heavy atom. The quantitative estimate of drug-likeness (QED) is 0.424. The van der Waals surface area contributed by atoms with Gasteiger partial charge in [-0.25, -0.2) is 0 Å². The van der Waals surface area contributed by atoms with Crippen LogP contribution in [0.1, 0.15) is 81.3 Å². The van der Waals surface area contributed by atoms with E-state index in [0.717, 1.165) is 37.4 Å². The molecule has 1 rings (SSSR count). The molecule has 0 aliphatic carbocycles. The molecule has 0 saturated carbocycles. The van der Waals surface area contributed by atoms with Crippen LogP contribution in [-0.4, -0.2) is 18.9 Å². The molecule has 0 atom stereocenters. The molecule has 0 aromatic heterocycles. The summed E-state index contributed by atoms with van der Waals surface area (Å²) in [5.41, 5.74) is 3.47. The Balaban J connectivity index is 2.17. The summed E-state index contributed by atoms with van der Waals surface area (Å²) in [5, 5.41) is 3.50. The Morgan fingerprint density at radius 3 is 2.43 bits per heavy atom. The monoisotopic (exact) mass is 317 g/mol. The molecule has 0 aliphatic heterocycles. The van der Waals surface area contributed by atoms with Crippen molar-refractivity contribution in [2.45, 2.75) is 72.6 Å². The summed E-state index contributed by atoms with van der Waals surface area (Å²) in [7, 11) is 0. The first kappa shape index (κ1) is 19.9. The van der Waals surface area contributed by atoms with Gasteiger partial charge in [-0.05, 0) is 62.7 Å². The minimum atomic E-state index is 0.180. The molecular weight excluding hydrogens is 282 g/mol. The molecule has 0 aliphatic rings. The molecule has 0 unspecified atom stereocenters. The fraction of sp³-hybridized carbons (Fsp3) is 0.667. The second-order valence-corrected chi connectivity index (χ2v) is 7.02. The molecule has 2 nitrogen and oxygen atoms in total. The first-order valence-corrected chi connectivity index (χ1v) is 9.38.